The van der Waals surface area contributed by atoms with Gasteiger partial charge in [0.25, 0.3) is 0 Å². The molecule has 2 atom stereocenters. The van der Waals surface area contributed by atoms with Gasteiger partial charge in [0.2, 0.25) is 5.88 Å². The molecule has 0 bridgehead atoms. The quantitative estimate of drug-likeness (QED) is 0.848. The Kier molecular flexibility index (Phi) is 5.01. The van der Waals surface area contributed by atoms with Crippen molar-refractivity contribution in [3.8, 4) is 5.88 Å². The zero-order valence-electron chi connectivity index (χ0n) is 14.4. The number of aromatic nitrogens is 1. The van der Waals surface area contributed by atoms with Gasteiger partial charge < -0.3 is 14.2 Å². The lowest BCUT2D eigenvalue weighted by molar-refractivity contribution is -0.149. The molecular weight excluding hydrogens is 304 g/mol. The van der Waals surface area contributed by atoms with Gasteiger partial charge in [0.05, 0.1) is 12.7 Å². The first-order valence-electron chi connectivity index (χ1n) is 9.33. The van der Waals surface area contributed by atoms with Gasteiger partial charge in [-0.1, -0.05) is 6.07 Å². The van der Waals surface area contributed by atoms with Gasteiger partial charge in [-0.15, -0.1) is 0 Å². The summed E-state index contributed by atoms with van der Waals surface area (Å²) in [5, 5.41) is 0. The van der Waals surface area contributed by atoms with Crippen LogP contribution < -0.4 is 4.74 Å². The molecule has 3 aliphatic heterocycles. The molecule has 3 fully saturated rings. The number of fused-ring (bicyclic) bond motifs is 1. The number of pyridine rings is 1. The summed E-state index contributed by atoms with van der Waals surface area (Å²) in [4.78, 5) is 6.99. The van der Waals surface area contributed by atoms with E-state index in [-0.39, 0.29) is 5.41 Å². The third kappa shape index (κ3) is 3.44. The summed E-state index contributed by atoms with van der Waals surface area (Å²) >= 11 is 0. The highest BCUT2D eigenvalue weighted by Gasteiger charge is 2.47. The van der Waals surface area contributed by atoms with E-state index in [1.165, 1.54) is 6.42 Å². The molecule has 2 unspecified atom stereocenters. The second-order valence-electron chi connectivity index (χ2n) is 7.38. The molecule has 1 aromatic rings. The van der Waals surface area contributed by atoms with E-state index >= 15 is 0 Å². The summed E-state index contributed by atoms with van der Waals surface area (Å²) in [6.07, 6.45) is 7.85. The summed E-state index contributed by atoms with van der Waals surface area (Å²) in [5.41, 5.74) is 0.103. The van der Waals surface area contributed by atoms with Crippen molar-refractivity contribution in [1.29, 1.82) is 0 Å². The van der Waals surface area contributed by atoms with E-state index in [1.807, 2.05) is 18.2 Å². The molecule has 132 valence electrons. The molecule has 0 amide bonds. The Labute approximate surface area is 144 Å². The van der Waals surface area contributed by atoms with Gasteiger partial charge >= 0.3 is 0 Å². The first kappa shape index (κ1) is 16.3. The van der Waals surface area contributed by atoms with Crippen LogP contribution >= 0.6 is 0 Å². The third-order valence-electron chi connectivity index (χ3n) is 5.87. The molecule has 0 radical (unpaired) electrons. The van der Waals surface area contributed by atoms with E-state index < -0.39 is 0 Å². The largest absolute Gasteiger partial charge is 0.477 e. The van der Waals surface area contributed by atoms with Crippen molar-refractivity contribution in [2.75, 3.05) is 39.5 Å². The standard InChI is InChI=1S/C19H28N2O3/c1-2-9-20-18(4-1)24-15-19-8-3-11-23-17(19)5-10-21(14-19)16-6-12-22-13-7-16/h1-2,4,9,16-17H,3,5-8,10-15H2. The first-order chi connectivity index (χ1) is 11.9. The summed E-state index contributed by atoms with van der Waals surface area (Å²) in [6.45, 7) is 5.62. The lowest BCUT2D eigenvalue weighted by Gasteiger charge is -2.52. The molecule has 4 rings (SSSR count). The average Bonchev–Trinajstić information content (AvgIpc) is 2.67. The molecule has 0 spiro atoms. The lowest BCUT2D eigenvalue weighted by atomic mass is 9.72. The smallest absolute Gasteiger partial charge is 0.213 e. The Morgan fingerprint density at radius 2 is 2.12 bits per heavy atom. The average molecular weight is 332 g/mol. The van der Waals surface area contributed by atoms with Crippen LogP contribution in [-0.4, -0.2) is 61.5 Å². The van der Waals surface area contributed by atoms with E-state index in [9.17, 15) is 0 Å². The maximum Gasteiger partial charge on any atom is 0.213 e. The summed E-state index contributed by atoms with van der Waals surface area (Å²) in [5.74, 6) is 0.722. The van der Waals surface area contributed by atoms with Crippen LogP contribution in [0.15, 0.2) is 24.4 Å². The van der Waals surface area contributed by atoms with Crippen LogP contribution in [0, 0.1) is 5.41 Å². The van der Waals surface area contributed by atoms with E-state index in [0.29, 0.717) is 18.8 Å². The minimum Gasteiger partial charge on any atom is -0.477 e. The molecule has 3 aliphatic rings. The van der Waals surface area contributed by atoms with Crippen molar-refractivity contribution in [2.45, 2.75) is 44.2 Å². The van der Waals surface area contributed by atoms with Crippen LogP contribution in [-0.2, 0) is 9.47 Å². The number of ether oxygens (including phenoxy) is 3. The van der Waals surface area contributed by atoms with Crippen LogP contribution in [0.1, 0.15) is 32.1 Å². The van der Waals surface area contributed by atoms with Crippen molar-refractivity contribution in [2.24, 2.45) is 5.41 Å². The van der Waals surface area contributed by atoms with Crippen LogP contribution in [0.4, 0.5) is 0 Å². The second kappa shape index (κ2) is 7.38. The van der Waals surface area contributed by atoms with Crippen molar-refractivity contribution in [3.05, 3.63) is 24.4 Å². The van der Waals surface area contributed by atoms with Crippen LogP contribution in [0.3, 0.4) is 0 Å². The molecule has 24 heavy (non-hydrogen) atoms. The highest BCUT2D eigenvalue weighted by molar-refractivity contribution is 5.10. The van der Waals surface area contributed by atoms with Gasteiger partial charge in [-0.25, -0.2) is 4.98 Å². The first-order valence-corrected chi connectivity index (χ1v) is 9.33. The maximum atomic E-state index is 6.16. The van der Waals surface area contributed by atoms with Crippen LogP contribution in [0.5, 0.6) is 5.88 Å². The Balaban J connectivity index is 1.47. The Morgan fingerprint density at radius 1 is 1.21 bits per heavy atom. The summed E-state index contributed by atoms with van der Waals surface area (Å²) in [7, 11) is 0. The fourth-order valence-electron chi connectivity index (χ4n) is 4.55. The Bertz CT molecular complexity index is 521. The van der Waals surface area contributed by atoms with Gasteiger partial charge in [0.1, 0.15) is 0 Å². The fraction of sp³-hybridized carbons (Fsp3) is 0.737. The molecular formula is C19H28N2O3. The van der Waals surface area contributed by atoms with Gasteiger partial charge in [-0.05, 0) is 38.2 Å². The molecule has 0 saturated carbocycles. The van der Waals surface area contributed by atoms with Crippen molar-refractivity contribution in [3.63, 3.8) is 0 Å². The Hall–Kier alpha value is -1.17. The molecule has 4 heterocycles. The zero-order chi connectivity index (χ0) is 16.2. The number of nitrogens with zero attached hydrogens (tertiary/aromatic N) is 2. The minimum atomic E-state index is 0.103. The summed E-state index contributed by atoms with van der Waals surface area (Å²) in [6, 6.07) is 6.50. The number of piperidine rings is 1. The molecule has 1 aromatic heterocycles. The monoisotopic (exact) mass is 332 g/mol. The van der Waals surface area contributed by atoms with Gasteiger partial charge in [0, 0.05) is 56.6 Å². The number of likely N-dealkylation sites (tertiary alicyclic amines) is 1. The highest BCUT2D eigenvalue weighted by Crippen LogP contribution is 2.41. The van der Waals surface area contributed by atoms with E-state index in [0.717, 1.165) is 64.5 Å². The van der Waals surface area contributed by atoms with Gasteiger partial charge in [-0.2, -0.15) is 0 Å². The lowest BCUT2D eigenvalue weighted by Crippen LogP contribution is -2.59. The number of hydrogen-bond donors (Lipinski definition) is 0. The zero-order valence-corrected chi connectivity index (χ0v) is 14.4. The van der Waals surface area contributed by atoms with Gasteiger partial charge in [0.15, 0.2) is 0 Å². The van der Waals surface area contributed by atoms with Crippen molar-refractivity contribution >= 4 is 0 Å². The van der Waals surface area contributed by atoms with Crippen molar-refractivity contribution < 1.29 is 14.2 Å². The summed E-state index contributed by atoms with van der Waals surface area (Å²) < 4.78 is 17.8. The third-order valence-corrected chi connectivity index (χ3v) is 5.87. The molecule has 0 aromatic carbocycles. The molecule has 0 aliphatic carbocycles. The SMILES string of the molecule is c1ccc(OCC23CCCOC2CCN(C2CCOCC2)C3)nc1. The maximum absolute atomic E-state index is 6.16. The number of rotatable bonds is 4. The van der Waals surface area contributed by atoms with E-state index in [4.69, 9.17) is 14.2 Å². The van der Waals surface area contributed by atoms with E-state index in [1.54, 1.807) is 6.20 Å². The second-order valence-corrected chi connectivity index (χ2v) is 7.38. The predicted molar refractivity (Wildman–Crippen MR) is 91.2 cm³/mol. The van der Waals surface area contributed by atoms with Crippen molar-refractivity contribution in [1.82, 2.24) is 9.88 Å². The topological polar surface area (TPSA) is 43.8 Å². The highest BCUT2D eigenvalue weighted by atomic mass is 16.5. The van der Waals surface area contributed by atoms with E-state index in [2.05, 4.69) is 9.88 Å². The van der Waals surface area contributed by atoms with Gasteiger partial charge in [-0.3, -0.25) is 4.90 Å². The molecule has 5 heteroatoms. The minimum absolute atomic E-state index is 0.103. The number of hydrogen-bond acceptors (Lipinski definition) is 5. The predicted octanol–water partition coefficient (Wildman–Crippen LogP) is 2.51. The van der Waals surface area contributed by atoms with Crippen LogP contribution in [0.25, 0.3) is 0 Å². The Morgan fingerprint density at radius 3 is 2.96 bits per heavy atom. The molecule has 5 nitrogen and oxygen atoms in total. The molecule has 3 saturated heterocycles. The van der Waals surface area contributed by atoms with Crippen LogP contribution in [0.2, 0.25) is 0 Å². The molecule has 0 N–H and O–H groups in total. The fourth-order valence-corrected chi connectivity index (χ4v) is 4.55. The normalized spacial score (nSPS) is 32.2.